The van der Waals surface area contributed by atoms with Crippen molar-refractivity contribution in [1.82, 2.24) is 0 Å². The predicted octanol–water partition coefficient (Wildman–Crippen LogP) is 2.90. The van der Waals surface area contributed by atoms with Crippen LogP contribution in [0.15, 0.2) is 24.8 Å². The fourth-order valence-corrected chi connectivity index (χ4v) is 1.02. The SMILES string of the molecule is C#Cc1cccc([C]=C)c1OC(F)(F)F. The van der Waals surface area contributed by atoms with Crippen LogP contribution in [0.2, 0.25) is 0 Å². The first-order chi connectivity index (χ1) is 6.98. The largest absolute Gasteiger partial charge is 0.573 e. The zero-order valence-corrected chi connectivity index (χ0v) is 7.56. The Bertz CT molecular complexity index is 413. The van der Waals surface area contributed by atoms with Gasteiger partial charge in [0.05, 0.1) is 5.56 Å². The molecule has 0 aliphatic heterocycles. The highest BCUT2D eigenvalue weighted by Crippen LogP contribution is 2.29. The third-order valence-electron chi connectivity index (χ3n) is 1.58. The summed E-state index contributed by atoms with van der Waals surface area (Å²) in [5.41, 5.74) is 0.101. The minimum atomic E-state index is -4.78. The molecule has 0 atom stereocenters. The third kappa shape index (κ3) is 2.78. The number of para-hydroxylation sites is 1. The van der Waals surface area contributed by atoms with Crippen molar-refractivity contribution >= 4 is 0 Å². The van der Waals surface area contributed by atoms with Crippen molar-refractivity contribution in [3.63, 3.8) is 0 Å². The molecule has 77 valence electrons. The maximum atomic E-state index is 12.0. The zero-order chi connectivity index (χ0) is 11.5. The van der Waals surface area contributed by atoms with E-state index in [4.69, 9.17) is 6.42 Å². The van der Waals surface area contributed by atoms with Gasteiger partial charge in [-0.3, -0.25) is 0 Å². The Kier molecular flexibility index (Phi) is 3.05. The average Bonchev–Trinajstić information content (AvgIpc) is 2.16. The van der Waals surface area contributed by atoms with Crippen LogP contribution in [-0.2, 0) is 0 Å². The molecule has 1 nitrogen and oxygen atoms in total. The fraction of sp³-hybridized carbons (Fsp3) is 0.0909. The van der Waals surface area contributed by atoms with Crippen molar-refractivity contribution in [2.24, 2.45) is 0 Å². The number of benzene rings is 1. The van der Waals surface area contributed by atoms with E-state index in [1.165, 1.54) is 18.2 Å². The second-order valence-electron chi connectivity index (χ2n) is 2.55. The first-order valence-electron chi connectivity index (χ1n) is 3.86. The molecule has 4 heteroatoms. The monoisotopic (exact) mass is 211 g/mol. The molecule has 0 unspecified atom stereocenters. The molecule has 0 fully saturated rings. The summed E-state index contributed by atoms with van der Waals surface area (Å²) in [6.07, 6.45) is 2.59. The summed E-state index contributed by atoms with van der Waals surface area (Å²) in [7, 11) is 0. The van der Waals surface area contributed by atoms with Crippen LogP contribution >= 0.6 is 0 Å². The summed E-state index contributed by atoms with van der Waals surface area (Å²) in [5.74, 6) is 1.66. The number of rotatable bonds is 2. The van der Waals surface area contributed by atoms with Crippen LogP contribution in [0.3, 0.4) is 0 Å². The fourth-order valence-electron chi connectivity index (χ4n) is 1.02. The summed E-state index contributed by atoms with van der Waals surface area (Å²) in [6.45, 7) is 3.26. The number of ether oxygens (including phenoxy) is 1. The molecule has 0 aliphatic carbocycles. The third-order valence-corrected chi connectivity index (χ3v) is 1.58. The lowest BCUT2D eigenvalue weighted by atomic mass is 10.1. The molecule has 0 saturated carbocycles. The second-order valence-corrected chi connectivity index (χ2v) is 2.55. The number of terminal acetylenes is 1. The summed E-state index contributed by atoms with van der Waals surface area (Å²) in [4.78, 5) is 0. The normalized spacial score (nSPS) is 10.5. The molecule has 0 bridgehead atoms. The van der Waals surface area contributed by atoms with Gasteiger partial charge in [0.2, 0.25) is 0 Å². The van der Waals surface area contributed by atoms with E-state index in [0.29, 0.717) is 0 Å². The molecule has 1 radical (unpaired) electrons. The van der Waals surface area contributed by atoms with Crippen molar-refractivity contribution in [3.05, 3.63) is 42.0 Å². The van der Waals surface area contributed by atoms with Gasteiger partial charge in [-0.2, -0.15) is 0 Å². The van der Waals surface area contributed by atoms with Gasteiger partial charge in [0.25, 0.3) is 0 Å². The predicted molar refractivity (Wildman–Crippen MR) is 49.0 cm³/mol. The Morgan fingerprint density at radius 1 is 1.27 bits per heavy atom. The molecule has 0 saturated heterocycles. The van der Waals surface area contributed by atoms with Crippen LogP contribution in [0.1, 0.15) is 11.1 Å². The van der Waals surface area contributed by atoms with Gasteiger partial charge in [-0.1, -0.05) is 24.6 Å². The van der Waals surface area contributed by atoms with Crippen molar-refractivity contribution in [2.45, 2.75) is 6.36 Å². The topological polar surface area (TPSA) is 9.23 Å². The molecule has 0 N–H and O–H groups in total. The maximum absolute atomic E-state index is 12.0. The molecule has 0 amide bonds. The standard InChI is InChI=1S/C11H6F3O/c1-3-8-6-5-7-9(4-2)10(8)15-11(12,13)14/h1,5-7H,2H2. The Morgan fingerprint density at radius 2 is 1.87 bits per heavy atom. The minimum absolute atomic E-state index is 0.0148. The summed E-state index contributed by atoms with van der Waals surface area (Å²) in [6, 6.07) is 4.24. The molecule has 0 aromatic heterocycles. The van der Waals surface area contributed by atoms with Crippen LogP contribution in [-0.4, -0.2) is 6.36 Å². The summed E-state index contributed by atoms with van der Waals surface area (Å²) < 4.78 is 39.9. The lowest BCUT2D eigenvalue weighted by Gasteiger charge is -2.12. The number of hydrogen-bond acceptors (Lipinski definition) is 1. The molecular formula is C11H6F3O. The smallest absolute Gasteiger partial charge is 0.404 e. The van der Waals surface area contributed by atoms with E-state index in [2.05, 4.69) is 23.3 Å². The highest BCUT2D eigenvalue weighted by atomic mass is 19.4. The summed E-state index contributed by atoms with van der Waals surface area (Å²) >= 11 is 0. The van der Waals surface area contributed by atoms with E-state index in [-0.39, 0.29) is 11.1 Å². The van der Waals surface area contributed by atoms with Crippen LogP contribution in [0.25, 0.3) is 0 Å². The van der Waals surface area contributed by atoms with Crippen molar-refractivity contribution < 1.29 is 17.9 Å². The van der Waals surface area contributed by atoms with E-state index < -0.39 is 12.1 Å². The molecular weight excluding hydrogens is 205 g/mol. The van der Waals surface area contributed by atoms with E-state index in [1.54, 1.807) is 0 Å². The van der Waals surface area contributed by atoms with Gasteiger partial charge >= 0.3 is 6.36 Å². The summed E-state index contributed by atoms with van der Waals surface area (Å²) in [5, 5.41) is 0. The average molecular weight is 211 g/mol. The number of alkyl halides is 3. The van der Waals surface area contributed by atoms with E-state index in [0.717, 1.165) is 0 Å². The Morgan fingerprint density at radius 3 is 2.33 bits per heavy atom. The highest BCUT2D eigenvalue weighted by molar-refractivity contribution is 5.51. The number of hydrogen-bond donors (Lipinski definition) is 0. The van der Waals surface area contributed by atoms with Gasteiger partial charge in [-0.25, -0.2) is 0 Å². The van der Waals surface area contributed by atoms with Crippen LogP contribution < -0.4 is 4.74 Å². The van der Waals surface area contributed by atoms with Gasteiger partial charge < -0.3 is 4.74 Å². The van der Waals surface area contributed by atoms with E-state index >= 15 is 0 Å². The first kappa shape index (κ1) is 11.2. The van der Waals surface area contributed by atoms with Crippen LogP contribution in [0.5, 0.6) is 5.75 Å². The van der Waals surface area contributed by atoms with Crippen LogP contribution in [0, 0.1) is 18.4 Å². The molecule has 0 heterocycles. The Balaban J connectivity index is 3.24. The van der Waals surface area contributed by atoms with Crippen LogP contribution in [0.4, 0.5) is 13.2 Å². The molecule has 1 aromatic rings. The minimum Gasteiger partial charge on any atom is -0.404 e. The molecule has 1 aromatic carbocycles. The Hall–Kier alpha value is -1.89. The second kappa shape index (κ2) is 4.09. The van der Waals surface area contributed by atoms with Gasteiger partial charge in [0.15, 0.2) is 5.75 Å². The van der Waals surface area contributed by atoms with Gasteiger partial charge in [0.1, 0.15) is 0 Å². The molecule has 0 aliphatic rings. The quantitative estimate of drug-likeness (QED) is 0.683. The molecule has 0 spiro atoms. The lowest BCUT2D eigenvalue weighted by molar-refractivity contribution is -0.274. The zero-order valence-electron chi connectivity index (χ0n) is 7.56. The van der Waals surface area contributed by atoms with E-state index in [9.17, 15) is 13.2 Å². The van der Waals surface area contributed by atoms with Gasteiger partial charge in [-0.05, 0) is 12.1 Å². The highest BCUT2D eigenvalue weighted by Gasteiger charge is 2.32. The first-order valence-corrected chi connectivity index (χ1v) is 3.86. The Labute approximate surface area is 85.2 Å². The lowest BCUT2D eigenvalue weighted by Crippen LogP contribution is -2.18. The maximum Gasteiger partial charge on any atom is 0.573 e. The number of halogens is 3. The van der Waals surface area contributed by atoms with Crippen molar-refractivity contribution in [2.75, 3.05) is 0 Å². The van der Waals surface area contributed by atoms with Crippen molar-refractivity contribution in [1.29, 1.82) is 0 Å². The molecule has 15 heavy (non-hydrogen) atoms. The molecule has 1 rings (SSSR count). The van der Waals surface area contributed by atoms with Gasteiger partial charge in [-0.15, -0.1) is 19.6 Å². The van der Waals surface area contributed by atoms with Gasteiger partial charge in [0, 0.05) is 5.56 Å². The van der Waals surface area contributed by atoms with Crippen molar-refractivity contribution in [3.8, 4) is 18.1 Å². The van der Waals surface area contributed by atoms with E-state index in [1.807, 2.05) is 0 Å².